The summed E-state index contributed by atoms with van der Waals surface area (Å²) >= 11 is 5.86. The van der Waals surface area contributed by atoms with Crippen molar-refractivity contribution >= 4 is 23.4 Å². The second-order valence-corrected chi connectivity index (χ2v) is 6.71. The van der Waals surface area contributed by atoms with E-state index in [9.17, 15) is 14.7 Å². The molecule has 0 aromatic heterocycles. The van der Waals surface area contributed by atoms with E-state index in [1.54, 1.807) is 17.0 Å². The van der Waals surface area contributed by atoms with Crippen molar-refractivity contribution in [1.29, 1.82) is 0 Å². The van der Waals surface area contributed by atoms with Crippen LogP contribution in [0.2, 0.25) is 5.02 Å². The molecule has 0 saturated carbocycles. The average Bonchev–Trinajstić information content (AvgIpc) is 2.51. The number of aliphatic hydroxyl groups excluding tert-OH is 1. The van der Waals surface area contributed by atoms with Crippen molar-refractivity contribution in [2.45, 2.75) is 32.9 Å². The summed E-state index contributed by atoms with van der Waals surface area (Å²) in [5.74, 6) is -0.204. The van der Waals surface area contributed by atoms with Gasteiger partial charge in [-0.25, -0.2) is 0 Å². The minimum Gasteiger partial charge on any atom is -0.392 e. The number of carbonyl (C=O) groups is 2. The fourth-order valence-electron chi connectivity index (χ4n) is 2.44. The van der Waals surface area contributed by atoms with E-state index >= 15 is 0 Å². The van der Waals surface area contributed by atoms with Crippen LogP contribution in [-0.2, 0) is 16.1 Å². The van der Waals surface area contributed by atoms with Crippen molar-refractivity contribution in [2.24, 2.45) is 5.92 Å². The first kappa shape index (κ1) is 17.8. The fourth-order valence-corrected chi connectivity index (χ4v) is 2.57. The van der Waals surface area contributed by atoms with E-state index in [4.69, 9.17) is 11.6 Å². The van der Waals surface area contributed by atoms with Crippen LogP contribution < -0.4 is 0 Å². The lowest BCUT2D eigenvalue weighted by Crippen LogP contribution is -2.52. The molecule has 1 aromatic rings. The van der Waals surface area contributed by atoms with Crippen LogP contribution in [0, 0.1) is 5.92 Å². The molecule has 1 aliphatic heterocycles. The van der Waals surface area contributed by atoms with Gasteiger partial charge >= 0.3 is 0 Å². The number of amides is 2. The Hall–Kier alpha value is -1.59. The Morgan fingerprint density at radius 3 is 2.48 bits per heavy atom. The van der Waals surface area contributed by atoms with Crippen molar-refractivity contribution in [3.63, 3.8) is 0 Å². The first-order valence-corrected chi connectivity index (χ1v) is 8.22. The Bertz CT molecular complexity index is 559. The number of aliphatic hydroxyl groups is 1. The summed E-state index contributed by atoms with van der Waals surface area (Å²) in [6.45, 7) is 5.35. The first-order valence-electron chi connectivity index (χ1n) is 7.85. The van der Waals surface area contributed by atoms with Crippen LogP contribution in [0.1, 0.15) is 25.8 Å². The molecule has 6 heteroatoms. The number of nitrogens with zero attached hydrogens (tertiary/aromatic N) is 2. The summed E-state index contributed by atoms with van der Waals surface area (Å²) < 4.78 is 0. The standard InChI is InChI=1S/C17H23ClN2O3/c1-12(2)15(21)9-16(22)20-8-7-19(17(23)11-20)10-13-3-5-14(18)6-4-13/h3-6,12,15,21H,7-11H2,1-2H3. The summed E-state index contributed by atoms with van der Waals surface area (Å²) in [6, 6.07) is 7.39. The van der Waals surface area contributed by atoms with E-state index in [2.05, 4.69) is 0 Å². The summed E-state index contributed by atoms with van der Waals surface area (Å²) in [6.07, 6.45) is -0.591. The van der Waals surface area contributed by atoms with Crippen molar-refractivity contribution in [3.05, 3.63) is 34.9 Å². The van der Waals surface area contributed by atoms with Gasteiger partial charge < -0.3 is 14.9 Å². The third kappa shape index (κ3) is 4.94. The first-order chi connectivity index (χ1) is 10.9. The van der Waals surface area contributed by atoms with Crippen molar-refractivity contribution < 1.29 is 14.7 Å². The van der Waals surface area contributed by atoms with Crippen LogP contribution in [-0.4, -0.2) is 52.5 Å². The molecule has 0 spiro atoms. The van der Waals surface area contributed by atoms with E-state index in [1.165, 1.54) is 4.90 Å². The molecule has 0 bridgehead atoms. The van der Waals surface area contributed by atoms with E-state index in [1.807, 2.05) is 26.0 Å². The molecule has 5 nitrogen and oxygen atoms in total. The molecule has 1 N–H and O–H groups in total. The molecule has 1 saturated heterocycles. The van der Waals surface area contributed by atoms with Crippen molar-refractivity contribution in [2.75, 3.05) is 19.6 Å². The molecule has 1 atom stereocenters. The molecule has 1 heterocycles. The Balaban J connectivity index is 1.88. The minimum absolute atomic E-state index is 0.0286. The molecule has 0 radical (unpaired) electrons. The molecular formula is C17H23ClN2O3. The summed E-state index contributed by atoms with van der Waals surface area (Å²) in [5.41, 5.74) is 1.01. The van der Waals surface area contributed by atoms with Gasteiger partial charge in [0.05, 0.1) is 19.1 Å². The molecule has 1 aliphatic rings. The molecule has 2 rings (SSSR count). The van der Waals surface area contributed by atoms with Gasteiger partial charge in [-0.05, 0) is 23.6 Å². The Morgan fingerprint density at radius 1 is 1.26 bits per heavy atom. The van der Waals surface area contributed by atoms with Gasteiger partial charge in [0.25, 0.3) is 0 Å². The number of rotatable bonds is 5. The van der Waals surface area contributed by atoms with Gasteiger partial charge in [-0.1, -0.05) is 37.6 Å². The zero-order valence-electron chi connectivity index (χ0n) is 13.5. The molecular weight excluding hydrogens is 316 g/mol. The number of hydrogen-bond acceptors (Lipinski definition) is 3. The molecule has 126 valence electrons. The van der Waals surface area contributed by atoms with Gasteiger partial charge in [-0.15, -0.1) is 0 Å². The molecule has 1 unspecified atom stereocenters. The number of benzene rings is 1. The third-order valence-corrected chi connectivity index (χ3v) is 4.36. The Labute approximate surface area is 141 Å². The smallest absolute Gasteiger partial charge is 0.242 e. The van der Waals surface area contributed by atoms with Crippen LogP contribution in [0.4, 0.5) is 0 Å². The number of piperazine rings is 1. The lowest BCUT2D eigenvalue weighted by atomic mass is 10.0. The summed E-state index contributed by atoms with van der Waals surface area (Å²) in [7, 11) is 0. The maximum atomic E-state index is 12.2. The predicted octanol–water partition coefficient (Wildman–Crippen LogP) is 1.92. The topological polar surface area (TPSA) is 60.9 Å². The van der Waals surface area contributed by atoms with E-state index < -0.39 is 6.10 Å². The zero-order valence-corrected chi connectivity index (χ0v) is 14.3. The highest BCUT2D eigenvalue weighted by atomic mass is 35.5. The quantitative estimate of drug-likeness (QED) is 0.892. The van der Waals surface area contributed by atoms with Gasteiger partial charge in [0.1, 0.15) is 0 Å². The highest BCUT2D eigenvalue weighted by molar-refractivity contribution is 6.30. The van der Waals surface area contributed by atoms with Gasteiger partial charge in [0, 0.05) is 24.7 Å². The molecule has 1 fully saturated rings. The van der Waals surface area contributed by atoms with Crippen LogP contribution in [0.5, 0.6) is 0 Å². The SMILES string of the molecule is CC(C)C(O)CC(=O)N1CCN(Cc2ccc(Cl)cc2)C(=O)C1. The zero-order chi connectivity index (χ0) is 17.0. The highest BCUT2D eigenvalue weighted by Crippen LogP contribution is 2.15. The molecule has 1 aromatic carbocycles. The highest BCUT2D eigenvalue weighted by Gasteiger charge is 2.28. The molecule has 23 heavy (non-hydrogen) atoms. The van der Waals surface area contributed by atoms with Crippen LogP contribution in [0.25, 0.3) is 0 Å². The normalized spacial score (nSPS) is 16.8. The second-order valence-electron chi connectivity index (χ2n) is 6.27. The van der Waals surface area contributed by atoms with E-state index in [0.29, 0.717) is 24.7 Å². The van der Waals surface area contributed by atoms with E-state index in [-0.39, 0.29) is 30.7 Å². The third-order valence-electron chi connectivity index (χ3n) is 4.11. The largest absolute Gasteiger partial charge is 0.392 e. The Morgan fingerprint density at radius 2 is 1.91 bits per heavy atom. The van der Waals surface area contributed by atoms with Crippen molar-refractivity contribution in [3.8, 4) is 0 Å². The fraction of sp³-hybridized carbons (Fsp3) is 0.529. The molecule has 2 amide bonds. The van der Waals surface area contributed by atoms with Crippen molar-refractivity contribution in [1.82, 2.24) is 9.80 Å². The maximum Gasteiger partial charge on any atom is 0.242 e. The number of hydrogen-bond donors (Lipinski definition) is 1. The van der Waals surface area contributed by atoms with Crippen LogP contribution >= 0.6 is 11.6 Å². The lowest BCUT2D eigenvalue weighted by molar-refractivity contribution is -0.147. The lowest BCUT2D eigenvalue weighted by Gasteiger charge is -2.35. The summed E-state index contributed by atoms with van der Waals surface area (Å²) in [4.78, 5) is 27.7. The summed E-state index contributed by atoms with van der Waals surface area (Å²) in [5, 5.41) is 10.5. The van der Waals surface area contributed by atoms with Gasteiger partial charge in [0.15, 0.2) is 0 Å². The minimum atomic E-state index is -0.662. The number of halogens is 1. The number of carbonyl (C=O) groups excluding carboxylic acids is 2. The second kappa shape index (κ2) is 7.79. The van der Waals surface area contributed by atoms with Gasteiger partial charge in [0.2, 0.25) is 11.8 Å². The van der Waals surface area contributed by atoms with Gasteiger partial charge in [-0.2, -0.15) is 0 Å². The average molecular weight is 339 g/mol. The monoisotopic (exact) mass is 338 g/mol. The van der Waals surface area contributed by atoms with E-state index in [0.717, 1.165) is 5.56 Å². The Kier molecular flexibility index (Phi) is 6.02. The van der Waals surface area contributed by atoms with Crippen LogP contribution in [0.15, 0.2) is 24.3 Å². The van der Waals surface area contributed by atoms with Gasteiger partial charge in [-0.3, -0.25) is 9.59 Å². The maximum absolute atomic E-state index is 12.2. The predicted molar refractivity (Wildman–Crippen MR) is 88.9 cm³/mol. The van der Waals surface area contributed by atoms with Crippen LogP contribution in [0.3, 0.4) is 0 Å². The molecule has 0 aliphatic carbocycles.